The van der Waals surface area contributed by atoms with Gasteiger partial charge in [-0.2, -0.15) is 4.31 Å². The Hall–Kier alpha value is -1.74. The van der Waals surface area contributed by atoms with Crippen LogP contribution in [0.2, 0.25) is 0 Å². The Bertz CT molecular complexity index is 827. The molecule has 0 spiro atoms. The number of thiophene rings is 1. The maximum atomic E-state index is 12.7. The molecule has 1 aromatic heterocycles. The predicted octanol–water partition coefficient (Wildman–Crippen LogP) is 2.43. The molecule has 0 radical (unpaired) electrons. The number of rotatable bonds is 6. The van der Waals surface area contributed by atoms with Gasteiger partial charge in [0.25, 0.3) is 5.91 Å². The first-order valence-corrected chi connectivity index (χ1v) is 10.8. The lowest BCUT2D eigenvalue weighted by Crippen LogP contribution is -2.40. The number of ether oxygens (including phenoxy) is 1. The molecule has 1 aromatic carbocycles. The SMILES string of the molecule is CCN(Cc1cccs1)C(=O)c1ccc(S(=O)(=O)N2CCOCC2)cc1. The Balaban J connectivity index is 1.74. The maximum absolute atomic E-state index is 12.7. The van der Waals surface area contributed by atoms with Crippen molar-refractivity contribution in [3.8, 4) is 0 Å². The van der Waals surface area contributed by atoms with Crippen LogP contribution in [0, 0.1) is 0 Å². The molecular formula is C18H22N2O4S2. The first kappa shape index (κ1) is 19.0. The van der Waals surface area contributed by atoms with Gasteiger partial charge in [0.2, 0.25) is 10.0 Å². The lowest BCUT2D eigenvalue weighted by Gasteiger charge is -2.26. The molecule has 8 heteroatoms. The lowest BCUT2D eigenvalue weighted by atomic mass is 10.2. The lowest BCUT2D eigenvalue weighted by molar-refractivity contribution is 0.0730. The maximum Gasteiger partial charge on any atom is 0.254 e. The summed E-state index contributed by atoms with van der Waals surface area (Å²) >= 11 is 1.61. The zero-order valence-corrected chi connectivity index (χ0v) is 16.3. The summed E-state index contributed by atoms with van der Waals surface area (Å²) in [5, 5.41) is 1.99. The van der Waals surface area contributed by atoms with Gasteiger partial charge < -0.3 is 9.64 Å². The van der Waals surface area contributed by atoms with Crippen molar-refractivity contribution in [2.24, 2.45) is 0 Å². The smallest absolute Gasteiger partial charge is 0.254 e. The zero-order valence-electron chi connectivity index (χ0n) is 14.6. The first-order chi connectivity index (χ1) is 12.5. The first-order valence-electron chi connectivity index (χ1n) is 8.52. The average molecular weight is 395 g/mol. The van der Waals surface area contributed by atoms with E-state index in [2.05, 4.69) is 0 Å². The summed E-state index contributed by atoms with van der Waals surface area (Å²) in [7, 11) is -3.54. The van der Waals surface area contributed by atoms with Crippen molar-refractivity contribution in [3.05, 3.63) is 52.2 Å². The van der Waals surface area contributed by atoms with Gasteiger partial charge in [-0.05, 0) is 42.6 Å². The van der Waals surface area contributed by atoms with E-state index in [0.29, 0.717) is 45.0 Å². The topological polar surface area (TPSA) is 66.9 Å². The fraction of sp³-hybridized carbons (Fsp3) is 0.389. The largest absolute Gasteiger partial charge is 0.379 e. The number of hydrogen-bond acceptors (Lipinski definition) is 5. The number of sulfonamides is 1. The van der Waals surface area contributed by atoms with Crippen molar-refractivity contribution in [1.29, 1.82) is 0 Å². The van der Waals surface area contributed by atoms with Gasteiger partial charge in [0.1, 0.15) is 0 Å². The van der Waals surface area contributed by atoms with Crippen LogP contribution in [-0.4, -0.2) is 56.4 Å². The van der Waals surface area contributed by atoms with E-state index < -0.39 is 10.0 Å². The summed E-state index contributed by atoms with van der Waals surface area (Å²) in [6, 6.07) is 10.2. The molecule has 1 saturated heterocycles. The Morgan fingerprint density at radius 1 is 1.19 bits per heavy atom. The Morgan fingerprint density at radius 3 is 2.46 bits per heavy atom. The van der Waals surface area contributed by atoms with Crippen molar-refractivity contribution in [1.82, 2.24) is 9.21 Å². The average Bonchev–Trinajstić information content (AvgIpc) is 3.19. The highest BCUT2D eigenvalue weighted by molar-refractivity contribution is 7.89. The minimum absolute atomic E-state index is 0.101. The minimum atomic E-state index is -3.54. The zero-order chi connectivity index (χ0) is 18.6. The second kappa shape index (κ2) is 8.30. The molecule has 1 aliphatic heterocycles. The highest BCUT2D eigenvalue weighted by Crippen LogP contribution is 2.19. The third-order valence-electron chi connectivity index (χ3n) is 4.30. The number of nitrogens with zero attached hydrogens (tertiary/aromatic N) is 2. The number of morpholine rings is 1. The summed E-state index contributed by atoms with van der Waals surface area (Å²) in [5.41, 5.74) is 0.490. The van der Waals surface area contributed by atoms with Crippen LogP contribution in [0.3, 0.4) is 0 Å². The molecule has 0 bridgehead atoms. The van der Waals surface area contributed by atoms with Gasteiger partial charge in [-0.25, -0.2) is 8.42 Å². The molecule has 0 atom stereocenters. The van der Waals surface area contributed by atoms with E-state index in [1.54, 1.807) is 28.4 Å². The van der Waals surface area contributed by atoms with Crippen molar-refractivity contribution < 1.29 is 17.9 Å². The Labute approximate surface area is 158 Å². The molecule has 3 rings (SSSR count). The quantitative estimate of drug-likeness (QED) is 0.755. The predicted molar refractivity (Wildman–Crippen MR) is 101 cm³/mol. The number of amides is 1. The minimum Gasteiger partial charge on any atom is -0.379 e. The van der Waals surface area contributed by atoms with Crippen LogP contribution in [0.1, 0.15) is 22.2 Å². The number of hydrogen-bond donors (Lipinski definition) is 0. The van der Waals surface area contributed by atoms with E-state index in [9.17, 15) is 13.2 Å². The van der Waals surface area contributed by atoms with Gasteiger partial charge in [-0.3, -0.25) is 4.79 Å². The van der Waals surface area contributed by atoms with Crippen LogP contribution >= 0.6 is 11.3 Å². The van der Waals surface area contributed by atoms with Gasteiger partial charge in [-0.1, -0.05) is 6.07 Å². The summed E-state index contributed by atoms with van der Waals surface area (Å²) in [6.45, 7) is 4.60. The second-order valence-electron chi connectivity index (χ2n) is 5.94. The summed E-state index contributed by atoms with van der Waals surface area (Å²) in [6.07, 6.45) is 0. The number of carbonyl (C=O) groups excluding carboxylic acids is 1. The summed E-state index contributed by atoms with van der Waals surface area (Å²) in [5.74, 6) is -0.101. The molecule has 0 aliphatic carbocycles. The van der Waals surface area contributed by atoms with Gasteiger partial charge in [0, 0.05) is 30.1 Å². The Morgan fingerprint density at radius 2 is 1.88 bits per heavy atom. The molecule has 0 N–H and O–H groups in total. The van der Waals surface area contributed by atoms with E-state index >= 15 is 0 Å². The normalized spacial score (nSPS) is 15.7. The van der Waals surface area contributed by atoms with Crippen molar-refractivity contribution in [3.63, 3.8) is 0 Å². The fourth-order valence-corrected chi connectivity index (χ4v) is 4.93. The summed E-state index contributed by atoms with van der Waals surface area (Å²) in [4.78, 5) is 15.8. The van der Waals surface area contributed by atoms with Crippen LogP contribution in [-0.2, 0) is 21.3 Å². The molecule has 1 aliphatic rings. The second-order valence-corrected chi connectivity index (χ2v) is 8.91. The number of carbonyl (C=O) groups is 1. The van der Waals surface area contributed by atoms with Crippen molar-refractivity contribution in [2.75, 3.05) is 32.8 Å². The van der Waals surface area contributed by atoms with Crippen molar-refractivity contribution in [2.45, 2.75) is 18.4 Å². The van der Waals surface area contributed by atoms with Gasteiger partial charge in [0.05, 0.1) is 24.7 Å². The molecule has 1 amide bonds. The van der Waals surface area contributed by atoms with E-state index in [0.717, 1.165) is 4.88 Å². The highest BCUT2D eigenvalue weighted by atomic mass is 32.2. The van der Waals surface area contributed by atoms with E-state index in [4.69, 9.17) is 4.74 Å². The molecular weight excluding hydrogens is 372 g/mol. The van der Waals surface area contributed by atoms with Crippen LogP contribution < -0.4 is 0 Å². The third-order valence-corrected chi connectivity index (χ3v) is 7.08. The molecule has 6 nitrogen and oxygen atoms in total. The molecule has 140 valence electrons. The molecule has 0 saturated carbocycles. The van der Waals surface area contributed by atoms with E-state index in [-0.39, 0.29) is 10.8 Å². The monoisotopic (exact) mass is 394 g/mol. The van der Waals surface area contributed by atoms with E-state index in [1.807, 2.05) is 24.4 Å². The van der Waals surface area contributed by atoms with Gasteiger partial charge in [0.15, 0.2) is 0 Å². The fourth-order valence-electron chi connectivity index (χ4n) is 2.81. The van der Waals surface area contributed by atoms with Crippen LogP contribution in [0.5, 0.6) is 0 Å². The van der Waals surface area contributed by atoms with E-state index in [1.165, 1.54) is 16.4 Å². The molecule has 26 heavy (non-hydrogen) atoms. The van der Waals surface area contributed by atoms with Crippen LogP contribution in [0.25, 0.3) is 0 Å². The molecule has 0 unspecified atom stereocenters. The third kappa shape index (κ3) is 4.15. The van der Waals surface area contributed by atoms with Crippen LogP contribution in [0.15, 0.2) is 46.7 Å². The Kier molecular flexibility index (Phi) is 6.08. The summed E-state index contributed by atoms with van der Waals surface area (Å²) < 4.78 is 31.9. The molecule has 2 heterocycles. The highest BCUT2D eigenvalue weighted by Gasteiger charge is 2.26. The van der Waals surface area contributed by atoms with Gasteiger partial charge in [-0.15, -0.1) is 11.3 Å². The van der Waals surface area contributed by atoms with Crippen LogP contribution in [0.4, 0.5) is 0 Å². The molecule has 2 aromatic rings. The standard InChI is InChI=1S/C18H22N2O4S2/c1-2-19(14-16-4-3-13-25-16)18(21)15-5-7-17(8-6-15)26(22,23)20-9-11-24-12-10-20/h3-8,13H,2,9-12,14H2,1H3. The van der Waals surface area contributed by atoms with Gasteiger partial charge >= 0.3 is 0 Å². The van der Waals surface area contributed by atoms with Crippen molar-refractivity contribution >= 4 is 27.3 Å². The molecule has 1 fully saturated rings. The number of benzene rings is 1.